The third-order valence-corrected chi connectivity index (χ3v) is 4.64. The fourth-order valence-electron chi connectivity index (χ4n) is 2.50. The molecule has 0 radical (unpaired) electrons. The van der Waals surface area contributed by atoms with Crippen molar-refractivity contribution >= 4 is 0 Å². The Kier molecular flexibility index (Phi) is 8.28. The third kappa shape index (κ3) is 9.67. The fraction of sp³-hybridized carbons (Fsp3) is 0.905. The zero-order valence-electron chi connectivity index (χ0n) is 18.6. The number of hydrogen-bond donors (Lipinski definition) is 0. The van der Waals surface area contributed by atoms with Crippen molar-refractivity contribution in [2.24, 2.45) is 5.41 Å². The molecule has 5 heteroatoms. The van der Waals surface area contributed by atoms with Crippen LogP contribution >= 0.6 is 0 Å². The highest BCUT2D eigenvalue weighted by atomic mass is 16.5. The molecule has 0 saturated carbocycles. The number of nitrogens with zero attached hydrogens (tertiary/aromatic N) is 3. The van der Waals surface area contributed by atoms with E-state index in [1.807, 2.05) is 10.9 Å². The first-order chi connectivity index (χ1) is 11.8. The minimum atomic E-state index is -0.207. The van der Waals surface area contributed by atoms with E-state index in [1.54, 1.807) is 0 Å². The SMILES string of the molecule is CC(C)c1cn(CCOC(C)(C)CCOC(C)(C)CCC(C)(C)C)nn1. The van der Waals surface area contributed by atoms with Crippen molar-refractivity contribution in [3.63, 3.8) is 0 Å². The van der Waals surface area contributed by atoms with Crippen LogP contribution in [0.5, 0.6) is 0 Å². The molecule has 0 N–H and O–H groups in total. The average Bonchev–Trinajstić information content (AvgIpc) is 2.93. The molecule has 0 aromatic carbocycles. The van der Waals surface area contributed by atoms with Gasteiger partial charge in [0.2, 0.25) is 0 Å². The van der Waals surface area contributed by atoms with Crippen LogP contribution < -0.4 is 0 Å². The van der Waals surface area contributed by atoms with Crippen LogP contribution in [-0.2, 0) is 16.0 Å². The van der Waals surface area contributed by atoms with Crippen LogP contribution in [-0.4, -0.2) is 39.4 Å². The highest BCUT2D eigenvalue weighted by Crippen LogP contribution is 2.28. The lowest BCUT2D eigenvalue weighted by Gasteiger charge is -2.31. The lowest BCUT2D eigenvalue weighted by molar-refractivity contribution is -0.0783. The van der Waals surface area contributed by atoms with Crippen LogP contribution in [0.25, 0.3) is 0 Å². The molecule has 0 aliphatic rings. The maximum Gasteiger partial charge on any atom is 0.0852 e. The van der Waals surface area contributed by atoms with Crippen LogP contribution in [0.3, 0.4) is 0 Å². The maximum atomic E-state index is 6.15. The molecule has 1 rings (SSSR count). The highest BCUT2D eigenvalue weighted by Gasteiger charge is 2.24. The van der Waals surface area contributed by atoms with Crippen molar-refractivity contribution in [2.45, 2.75) is 105 Å². The van der Waals surface area contributed by atoms with E-state index in [0.717, 1.165) is 31.5 Å². The van der Waals surface area contributed by atoms with Gasteiger partial charge in [-0.1, -0.05) is 39.8 Å². The summed E-state index contributed by atoms with van der Waals surface area (Å²) >= 11 is 0. The Morgan fingerprint density at radius 3 is 2.00 bits per heavy atom. The second kappa shape index (κ2) is 9.32. The standard InChI is InChI=1S/C21H41N3O2/c1-17(2)18-16-24(23-22-18)13-15-26-21(8,9)12-14-25-20(6,7)11-10-19(3,4)5/h16-17H,10-15H2,1-9H3. The molecule has 0 amide bonds. The summed E-state index contributed by atoms with van der Waals surface area (Å²) in [5, 5.41) is 8.33. The molecule has 0 unspecified atom stereocenters. The minimum Gasteiger partial charge on any atom is -0.375 e. The van der Waals surface area contributed by atoms with Gasteiger partial charge >= 0.3 is 0 Å². The van der Waals surface area contributed by atoms with Crippen LogP contribution in [0, 0.1) is 5.41 Å². The van der Waals surface area contributed by atoms with Gasteiger partial charge in [0.25, 0.3) is 0 Å². The van der Waals surface area contributed by atoms with Gasteiger partial charge in [-0.15, -0.1) is 5.10 Å². The Bertz CT molecular complexity index is 528. The van der Waals surface area contributed by atoms with Crippen LogP contribution in [0.2, 0.25) is 0 Å². The van der Waals surface area contributed by atoms with Crippen LogP contribution in [0.15, 0.2) is 6.20 Å². The molecule has 1 aromatic heterocycles. The van der Waals surface area contributed by atoms with Crippen LogP contribution in [0.4, 0.5) is 0 Å². The average molecular weight is 368 g/mol. The van der Waals surface area contributed by atoms with Gasteiger partial charge in [0.15, 0.2) is 0 Å². The molecule has 152 valence electrons. The van der Waals surface area contributed by atoms with Gasteiger partial charge in [0, 0.05) is 6.20 Å². The zero-order chi connectivity index (χ0) is 20.0. The molecule has 0 bridgehead atoms. The topological polar surface area (TPSA) is 49.2 Å². The fourth-order valence-corrected chi connectivity index (χ4v) is 2.50. The number of aromatic nitrogens is 3. The molecule has 1 heterocycles. The molecular weight excluding hydrogens is 326 g/mol. The molecule has 0 fully saturated rings. The predicted octanol–water partition coefficient (Wildman–Crippen LogP) is 5.21. The van der Waals surface area contributed by atoms with E-state index in [1.165, 1.54) is 0 Å². The molecule has 0 atom stereocenters. The smallest absolute Gasteiger partial charge is 0.0852 e. The van der Waals surface area contributed by atoms with Crippen molar-refractivity contribution in [2.75, 3.05) is 13.2 Å². The van der Waals surface area contributed by atoms with E-state index in [4.69, 9.17) is 9.47 Å². The van der Waals surface area contributed by atoms with Crippen LogP contribution in [0.1, 0.15) is 93.2 Å². The van der Waals surface area contributed by atoms with E-state index in [0.29, 0.717) is 24.5 Å². The monoisotopic (exact) mass is 367 g/mol. The van der Waals surface area contributed by atoms with E-state index in [-0.39, 0.29) is 11.2 Å². The second-order valence-electron chi connectivity index (χ2n) is 10.1. The summed E-state index contributed by atoms with van der Waals surface area (Å²) in [5.41, 5.74) is 1.08. The number of ether oxygens (including phenoxy) is 2. The van der Waals surface area contributed by atoms with E-state index < -0.39 is 0 Å². The third-order valence-electron chi connectivity index (χ3n) is 4.64. The molecule has 0 saturated heterocycles. The van der Waals surface area contributed by atoms with Gasteiger partial charge < -0.3 is 9.47 Å². The first-order valence-electron chi connectivity index (χ1n) is 9.98. The summed E-state index contributed by atoms with van der Waals surface area (Å²) in [5.74, 6) is 0.403. The Labute approximate surface area is 160 Å². The van der Waals surface area contributed by atoms with Gasteiger partial charge in [0.1, 0.15) is 0 Å². The molecule has 1 aromatic rings. The van der Waals surface area contributed by atoms with Gasteiger partial charge in [-0.05, 0) is 58.3 Å². The predicted molar refractivity (Wildman–Crippen MR) is 107 cm³/mol. The molecule has 0 aliphatic carbocycles. The molecule has 26 heavy (non-hydrogen) atoms. The quantitative estimate of drug-likeness (QED) is 0.539. The molecule has 0 spiro atoms. The first-order valence-corrected chi connectivity index (χ1v) is 9.98. The highest BCUT2D eigenvalue weighted by molar-refractivity contribution is 4.97. The largest absolute Gasteiger partial charge is 0.375 e. The van der Waals surface area contributed by atoms with Crippen molar-refractivity contribution in [3.05, 3.63) is 11.9 Å². The summed E-state index contributed by atoms with van der Waals surface area (Å²) in [7, 11) is 0. The zero-order valence-corrected chi connectivity index (χ0v) is 18.6. The lowest BCUT2D eigenvalue weighted by atomic mass is 9.86. The van der Waals surface area contributed by atoms with Crippen molar-refractivity contribution in [3.8, 4) is 0 Å². The second-order valence-corrected chi connectivity index (χ2v) is 10.1. The number of hydrogen-bond acceptors (Lipinski definition) is 4. The summed E-state index contributed by atoms with van der Waals surface area (Å²) in [6, 6.07) is 0. The number of rotatable bonds is 11. The van der Waals surface area contributed by atoms with E-state index >= 15 is 0 Å². The summed E-state index contributed by atoms with van der Waals surface area (Å²) in [6.07, 6.45) is 5.11. The van der Waals surface area contributed by atoms with Crippen molar-refractivity contribution in [1.82, 2.24) is 15.0 Å². The Hall–Kier alpha value is -0.940. The van der Waals surface area contributed by atoms with Gasteiger partial charge in [-0.2, -0.15) is 0 Å². The van der Waals surface area contributed by atoms with Crippen molar-refractivity contribution in [1.29, 1.82) is 0 Å². The normalized spacial score (nSPS) is 13.6. The summed E-state index contributed by atoms with van der Waals surface area (Å²) in [4.78, 5) is 0. The first kappa shape index (κ1) is 23.1. The lowest BCUT2D eigenvalue weighted by Crippen LogP contribution is -2.32. The molecule has 5 nitrogen and oxygen atoms in total. The Balaban J connectivity index is 2.30. The summed E-state index contributed by atoms with van der Waals surface area (Å²) in [6.45, 7) is 21.8. The van der Waals surface area contributed by atoms with Gasteiger partial charge in [0.05, 0.1) is 36.7 Å². The van der Waals surface area contributed by atoms with Gasteiger partial charge in [-0.25, -0.2) is 4.68 Å². The Morgan fingerprint density at radius 2 is 1.46 bits per heavy atom. The maximum absolute atomic E-state index is 6.15. The van der Waals surface area contributed by atoms with Crippen molar-refractivity contribution < 1.29 is 9.47 Å². The molecular formula is C21H41N3O2. The Morgan fingerprint density at radius 1 is 0.885 bits per heavy atom. The van der Waals surface area contributed by atoms with Gasteiger partial charge in [-0.3, -0.25) is 0 Å². The van der Waals surface area contributed by atoms with E-state index in [2.05, 4.69) is 72.6 Å². The summed E-state index contributed by atoms with van der Waals surface area (Å²) < 4.78 is 14.1. The minimum absolute atomic E-state index is 0.0860. The van der Waals surface area contributed by atoms with E-state index in [9.17, 15) is 0 Å². The molecule has 0 aliphatic heterocycles.